The van der Waals surface area contributed by atoms with Crippen molar-refractivity contribution in [1.29, 1.82) is 0 Å². The molecule has 0 spiro atoms. The third-order valence-corrected chi connectivity index (χ3v) is 3.70. The molecule has 2 rings (SSSR count). The van der Waals surface area contributed by atoms with Crippen molar-refractivity contribution in [3.05, 3.63) is 58.1 Å². The molecule has 0 aliphatic heterocycles. The second-order valence-corrected chi connectivity index (χ2v) is 5.32. The van der Waals surface area contributed by atoms with Gasteiger partial charge in [-0.1, -0.05) is 29.8 Å². The van der Waals surface area contributed by atoms with Gasteiger partial charge in [-0.3, -0.25) is 0 Å². The summed E-state index contributed by atoms with van der Waals surface area (Å²) in [4.78, 5) is 0. The number of ether oxygens (including phenoxy) is 2. The summed E-state index contributed by atoms with van der Waals surface area (Å²) < 4.78 is 11.4. The van der Waals surface area contributed by atoms with Crippen molar-refractivity contribution in [1.82, 2.24) is 0 Å². The zero-order chi connectivity index (χ0) is 15.4. The molecule has 0 aliphatic carbocycles. The maximum Gasteiger partial charge on any atom is 0.166 e. The van der Waals surface area contributed by atoms with E-state index in [1.807, 2.05) is 18.2 Å². The predicted molar refractivity (Wildman–Crippen MR) is 85.9 cm³/mol. The Kier molecular flexibility index (Phi) is 4.86. The van der Waals surface area contributed by atoms with Gasteiger partial charge in [-0.15, -0.1) is 0 Å². The maximum atomic E-state index is 6.03. The number of aryl methyl sites for hydroxylation is 3. The maximum absolute atomic E-state index is 6.03. The van der Waals surface area contributed by atoms with E-state index in [1.165, 1.54) is 22.3 Å². The summed E-state index contributed by atoms with van der Waals surface area (Å²) in [7, 11) is 1.64. The molecule has 0 fully saturated rings. The Morgan fingerprint density at radius 2 is 1.71 bits per heavy atom. The van der Waals surface area contributed by atoms with Gasteiger partial charge in [-0.25, -0.2) is 0 Å². The number of para-hydroxylation sites is 1. The van der Waals surface area contributed by atoms with Crippen LogP contribution in [-0.2, 0) is 13.2 Å². The van der Waals surface area contributed by atoms with Crippen LogP contribution >= 0.6 is 0 Å². The molecule has 0 unspecified atom stereocenters. The van der Waals surface area contributed by atoms with Crippen LogP contribution in [0.3, 0.4) is 0 Å². The van der Waals surface area contributed by atoms with E-state index in [-0.39, 0.29) is 0 Å². The number of nitrogens with two attached hydrogens (primary N) is 1. The molecule has 112 valence electrons. The van der Waals surface area contributed by atoms with Gasteiger partial charge in [0, 0.05) is 12.1 Å². The van der Waals surface area contributed by atoms with Crippen molar-refractivity contribution in [2.45, 2.75) is 33.9 Å². The first-order valence-electron chi connectivity index (χ1n) is 7.12. The minimum Gasteiger partial charge on any atom is -0.493 e. The van der Waals surface area contributed by atoms with E-state index in [4.69, 9.17) is 15.2 Å². The SMILES string of the molecule is COc1cccc(CN)c1OCc1c(C)cc(C)cc1C. The molecule has 3 heteroatoms. The van der Waals surface area contributed by atoms with Crippen molar-refractivity contribution in [3.8, 4) is 11.5 Å². The molecule has 0 atom stereocenters. The number of rotatable bonds is 5. The fourth-order valence-corrected chi connectivity index (χ4v) is 2.63. The Hall–Kier alpha value is -2.00. The standard InChI is InChI=1S/C18H23NO2/c1-12-8-13(2)16(14(3)9-12)11-21-18-15(10-19)6-5-7-17(18)20-4/h5-9H,10-11,19H2,1-4H3. The first kappa shape index (κ1) is 15.4. The highest BCUT2D eigenvalue weighted by molar-refractivity contribution is 5.47. The molecule has 0 saturated heterocycles. The number of benzene rings is 2. The van der Waals surface area contributed by atoms with Crippen LogP contribution in [-0.4, -0.2) is 7.11 Å². The summed E-state index contributed by atoms with van der Waals surface area (Å²) in [6, 6.07) is 10.1. The average Bonchev–Trinajstić information content (AvgIpc) is 2.45. The highest BCUT2D eigenvalue weighted by Crippen LogP contribution is 2.32. The second kappa shape index (κ2) is 6.64. The van der Waals surface area contributed by atoms with Gasteiger partial charge in [-0.05, 0) is 43.5 Å². The van der Waals surface area contributed by atoms with Crippen molar-refractivity contribution in [3.63, 3.8) is 0 Å². The lowest BCUT2D eigenvalue weighted by molar-refractivity contribution is 0.280. The van der Waals surface area contributed by atoms with Gasteiger partial charge >= 0.3 is 0 Å². The third-order valence-electron chi connectivity index (χ3n) is 3.70. The van der Waals surface area contributed by atoms with Crippen molar-refractivity contribution < 1.29 is 9.47 Å². The Balaban J connectivity index is 2.28. The summed E-state index contributed by atoms with van der Waals surface area (Å²) in [5.74, 6) is 1.46. The highest BCUT2D eigenvalue weighted by atomic mass is 16.5. The van der Waals surface area contributed by atoms with Crippen LogP contribution in [0.5, 0.6) is 11.5 Å². The third kappa shape index (κ3) is 3.37. The quantitative estimate of drug-likeness (QED) is 0.912. The molecule has 2 aromatic carbocycles. The largest absolute Gasteiger partial charge is 0.493 e. The topological polar surface area (TPSA) is 44.5 Å². The van der Waals surface area contributed by atoms with Crippen LogP contribution in [0.25, 0.3) is 0 Å². The van der Waals surface area contributed by atoms with Gasteiger partial charge in [0.25, 0.3) is 0 Å². The van der Waals surface area contributed by atoms with Gasteiger partial charge in [0.2, 0.25) is 0 Å². The monoisotopic (exact) mass is 285 g/mol. The molecule has 2 N–H and O–H groups in total. The molecule has 2 aromatic rings. The van der Waals surface area contributed by atoms with Crippen molar-refractivity contribution in [2.75, 3.05) is 7.11 Å². The van der Waals surface area contributed by atoms with E-state index in [0.717, 1.165) is 17.1 Å². The van der Waals surface area contributed by atoms with Gasteiger partial charge in [-0.2, -0.15) is 0 Å². The summed E-state index contributed by atoms with van der Waals surface area (Å²) in [6.07, 6.45) is 0. The first-order chi connectivity index (χ1) is 10.1. The second-order valence-electron chi connectivity index (χ2n) is 5.32. The summed E-state index contributed by atoms with van der Waals surface area (Å²) >= 11 is 0. The molecule has 0 aliphatic rings. The molecule has 0 bridgehead atoms. The number of methoxy groups -OCH3 is 1. The van der Waals surface area contributed by atoms with Crippen molar-refractivity contribution >= 4 is 0 Å². The normalized spacial score (nSPS) is 10.5. The lowest BCUT2D eigenvalue weighted by Crippen LogP contribution is -2.06. The fourth-order valence-electron chi connectivity index (χ4n) is 2.63. The number of hydrogen-bond donors (Lipinski definition) is 1. The molecular weight excluding hydrogens is 262 g/mol. The molecule has 21 heavy (non-hydrogen) atoms. The van der Waals surface area contributed by atoms with Gasteiger partial charge < -0.3 is 15.2 Å². The van der Waals surface area contributed by atoms with Crippen molar-refractivity contribution in [2.24, 2.45) is 5.73 Å². The average molecular weight is 285 g/mol. The molecular formula is C18H23NO2. The van der Waals surface area contributed by atoms with Gasteiger partial charge in [0.1, 0.15) is 6.61 Å². The predicted octanol–water partition coefficient (Wildman–Crippen LogP) is 3.66. The Morgan fingerprint density at radius 3 is 2.29 bits per heavy atom. The Labute approximate surface area is 126 Å². The summed E-state index contributed by atoms with van der Waals surface area (Å²) in [5.41, 5.74) is 11.7. The van der Waals surface area contributed by atoms with E-state index in [2.05, 4.69) is 32.9 Å². The van der Waals surface area contributed by atoms with Gasteiger partial charge in [0.15, 0.2) is 11.5 Å². The van der Waals surface area contributed by atoms with Crippen LogP contribution < -0.4 is 15.2 Å². The van der Waals surface area contributed by atoms with Gasteiger partial charge in [0.05, 0.1) is 7.11 Å². The minimum atomic E-state index is 0.429. The molecule has 0 amide bonds. The first-order valence-corrected chi connectivity index (χ1v) is 7.12. The summed E-state index contributed by atoms with van der Waals surface area (Å²) in [5, 5.41) is 0. The molecule has 0 heterocycles. The molecule has 3 nitrogen and oxygen atoms in total. The van der Waals surface area contributed by atoms with Crippen LogP contribution in [0.15, 0.2) is 30.3 Å². The molecule has 0 radical (unpaired) electrons. The van der Waals surface area contributed by atoms with E-state index >= 15 is 0 Å². The highest BCUT2D eigenvalue weighted by Gasteiger charge is 2.11. The molecule has 0 saturated carbocycles. The van der Waals surface area contributed by atoms with E-state index in [9.17, 15) is 0 Å². The Morgan fingerprint density at radius 1 is 1.05 bits per heavy atom. The van der Waals surface area contributed by atoms with Crippen LogP contribution in [0.2, 0.25) is 0 Å². The smallest absolute Gasteiger partial charge is 0.166 e. The zero-order valence-corrected chi connectivity index (χ0v) is 13.2. The lowest BCUT2D eigenvalue weighted by atomic mass is 10.0. The number of hydrogen-bond acceptors (Lipinski definition) is 3. The van der Waals surface area contributed by atoms with Crippen LogP contribution in [0, 0.1) is 20.8 Å². The fraction of sp³-hybridized carbons (Fsp3) is 0.333. The van der Waals surface area contributed by atoms with E-state index in [0.29, 0.717) is 13.2 Å². The van der Waals surface area contributed by atoms with Crippen LogP contribution in [0.1, 0.15) is 27.8 Å². The minimum absolute atomic E-state index is 0.429. The zero-order valence-electron chi connectivity index (χ0n) is 13.2. The van der Waals surface area contributed by atoms with Crippen LogP contribution in [0.4, 0.5) is 0 Å². The Bertz CT molecular complexity index is 590. The molecule has 0 aromatic heterocycles. The lowest BCUT2D eigenvalue weighted by Gasteiger charge is -2.17. The summed E-state index contributed by atoms with van der Waals surface area (Å²) in [6.45, 7) is 7.29. The van der Waals surface area contributed by atoms with E-state index in [1.54, 1.807) is 7.11 Å². The van der Waals surface area contributed by atoms with E-state index < -0.39 is 0 Å².